The Morgan fingerprint density at radius 2 is 2.10 bits per heavy atom. The minimum absolute atomic E-state index is 0.248. The van der Waals surface area contributed by atoms with Crippen LogP contribution in [0.5, 0.6) is 0 Å². The molecule has 2 amide bonds. The van der Waals surface area contributed by atoms with Gasteiger partial charge < -0.3 is 25.1 Å². The van der Waals surface area contributed by atoms with Gasteiger partial charge in [-0.1, -0.05) is 12.8 Å². The summed E-state index contributed by atoms with van der Waals surface area (Å²) in [6, 6.07) is 3.75. The standard InChI is InChI=1S/C23H29N5O2S/c1-27-11-8-15-17(21(25-19(15)13-27)28-9-4-5-10-28)12-24-23(30)26-22-18(14-29)16-6-2-3-7-20(16)31-22/h4-5,9-10,14,16,20,25H,2-3,6-8,11-13H2,1H3,(H2,24,26,30). The average molecular weight is 440 g/mol. The Morgan fingerprint density at radius 1 is 1.29 bits per heavy atom. The molecule has 2 aromatic rings. The number of thioether (sulfide) groups is 1. The van der Waals surface area contributed by atoms with Gasteiger partial charge in [0.2, 0.25) is 0 Å². The highest BCUT2D eigenvalue weighted by Crippen LogP contribution is 2.47. The second-order valence-electron chi connectivity index (χ2n) is 8.74. The number of fused-ring (bicyclic) bond motifs is 2. The molecule has 2 atom stereocenters. The lowest BCUT2D eigenvalue weighted by atomic mass is 9.84. The number of urea groups is 1. The summed E-state index contributed by atoms with van der Waals surface area (Å²) in [5.74, 6) is 1.31. The van der Waals surface area contributed by atoms with E-state index in [2.05, 4.69) is 32.1 Å². The zero-order valence-electron chi connectivity index (χ0n) is 17.8. The van der Waals surface area contributed by atoms with Crippen molar-refractivity contribution in [2.75, 3.05) is 13.6 Å². The van der Waals surface area contributed by atoms with Crippen molar-refractivity contribution in [1.82, 2.24) is 25.1 Å². The van der Waals surface area contributed by atoms with Crippen LogP contribution in [0.3, 0.4) is 0 Å². The van der Waals surface area contributed by atoms with Crippen LogP contribution in [0.15, 0.2) is 35.1 Å². The Kier molecular flexibility index (Phi) is 5.67. The van der Waals surface area contributed by atoms with Crippen molar-refractivity contribution >= 4 is 24.1 Å². The molecule has 0 aromatic carbocycles. The molecule has 5 rings (SSSR count). The SMILES string of the molecule is CN1CCc2c([nH]c(-n3cccc3)c2CNC(=O)NC2=C(C=O)C3CCCCC3S2)C1. The predicted molar refractivity (Wildman–Crippen MR) is 122 cm³/mol. The topological polar surface area (TPSA) is 82.2 Å². The quantitative estimate of drug-likeness (QED) is 0.625. The van der Waals surface area contributed by atoms with Crippen LogP contribution < -0.4 is 10.6 Å². The lowest BCUT2D eigenvalue weighted by Gasteiger charge is -2.24. The molecule has 3 N–H and O–H groups in total. The molecule has 164 valence electrons. The number of hydrogen-bond donors (Lipinski definition) is 3. The fraction of sp³-hybridized carbons (Fsp3) is 0.478. The van der Waals surface area contributed by atoms with E-state index in [-0.39, 0.29) is 6.03 Å². The number of carbonyl (C=O) groups excluding carboxylic acids is 2. The molecule has 3 aliphatic rings. The Labute approximate surface area is 186 Å². The maximum Gasteiger partial charge on any atom is 0.319 e. The lowest BCUT2D eigenvalue weighted by molar-refractivity contribution is -0.105. The number of H-pyrrole nitrogens is 1. The van der Waals surface area contributed by atoms with Gasteiger partial charge in [-0.05, 0) is 44.0 Å². The number of aldehydes is 1. The fourth-order valence-electron chi connectivity index (χ4n) is 5.14. The maximum absolute atomic E-state index is 12.8. The van der Waals surface area contributed by atoms with E-state index >= 15 is 0 Å². The highest BCUT2D eigenvalue weighted by atomic mass is 32.2. The molecule has 31 heavy (non-hydrogen) atoms. The molecular formula is C23H29N5O2S. The van der Waals surface area contributed by atoms with Gasteiger partial charge in [-0.2, -0.15) is 0 Å². The number of aromatic amines is 1. The minimum Gasteiger partial charge on any atom is -0.343 e. The molecule has 2 aliphatic heterocycles. The third-order valence-corrected chi connectivity index (χ3v) is 8.17. The van der Waals surface area contributed by atoms with E-state index in [1.165, 1.54) is 17.7 Å². The molecule has 7 nitrogen and oxygen atoms in total. The van der Waals surface area contributed by atoms with E-state index in [4.69, 9.17) is 0 Å². The van der Waals surface area contributed by atoms with Gasteiger partial charge >= 0.3 is 6.03 Å². The average Bonchev–Trinajstić information content (AvgIpc) is 3.48. The number of hydrogen-bond acceptors (Lipinski definition) is 4. The molecule has 1 fully saturated rings. The van der Waals surface area contributed by atoms with Crippen molar-refractivity contribution < 1.29 is 9.59 Å². The van der Waals surface area contributed by atoms with Gasteiger partial charge in [-0.25, -0.2) is 4.79 Å². The summed E-state index contributed by atoms with van der Waals surface area (Å²) in [6.45, 7) is 2.32. The number of carbonyl (C=O) groups is 2. The summed E-state index contributed by atoms with van der Waals surface area (Å²) in [6.07, 6.45) is 10.5. The second-order valence-corrected chi connectivity index (χ2v) is 9.99. The van der Waals surface area contributed by atoms with E-state index in [1.807, 2.05) is 24.5 Å². The number of nitrogens with one attached hydrogen (secondary N) is 3. The molecule has 0 spiro atoms. The van der Waals surface area contributed by atoms with Gasteiger partial charge in [0.15, 0.2) is 0 Å². The first-order valence-corrected chi connectivity index (χ1v) is 12.0. The third-order valence-electron chi connectivity index (χ3n) is 6.73. The van der Waals surface area contributed by atoms with Gasteiger partial charge in [-0.15, -0.1) is 11.8 Å². The van der Waals surface area contributed by atoms with Crippen LogP contribution in [-0.2, 0) is 24.3 Å². The normalized spacial score (nSPS) is 23.4. The number of allylic oxidation sites excluding steroid dienone is 1. The monoisotopic (exact) mass is 439 g/mol. The van der Waals surface area contributed by atoms with Gasteiger partial charge in [0.05, 0.1) is 5.03 Å². The van der Waals surface area contributed by atoms with Crippen molar-refractivity contribution in [2.45, 2.75) is 50.4 Å². The Morgan fingerprint density at radius 3 is 2.90 bits per heavy atom. The summed E-state index contributed by atoms with van der Waals surface area (Å²) in [4.78, 5) is 30.3. The van der Waals surface area contributed by atoms with Crippen molar-refractivity contribution in [3.63, 3.8) is 0 Å². The molecule has 1 aliphatic carbocycles. The summed E-state index contributed by atoms with van der Waals surface area (Å²) in [7, 11) is 2.12. The number of nitrogens with zero attached hydrogens (tertiary/aromatic N) is 2. The first-order chi connectivity index (χ1) is 15.1. The Bertz CT molecular complexity index is 1010. The molecule has 2 aromatic heterocycles. The number of rotatable bonds is 5. The summed E-state index contributed by atoms with van der Waals surface area (Å²) >= 11 is 1.66. The van der Waals surface area contributed by atoms with Crippen molar-refractivity contribution in [2.24, 2.45) is 5.92 Å². The smallest absolute Gasteiger partial charge is 0.319 e. The molecular weight excluding hydrogens is 410 g/mol. The van der Waals surface area contributed by atoms with Crippen LogP contribution in [0.2, 0.25) is 0 Å². The number of likely N-dealkylation sites (N-methyl/N-ethyl adjacent to an activating group) is 1. The van der Waals surface area contributed by atoms with Crippen molar-refractivity contribution in [3.8, 4) is 5.82 Å². The molecule has 0 saturated heterocycles. The first-order valence-electron chi connectivity index (χ1n) is 11.1. The van der Waals surface area contributed by atoms with E-state index in [0.29, 0.717) is 17.7 Å². The number of aromatic nitrogens is 2. The van der Waals surface area contributed by atoms with Crippen LogP contribution in [0.4, 0.5) is 4.79 Å². The third kappa shape index (κ3) is 3.94. The van der Waals surface area contributed by atoms with Gasteiger partial charge in [-0.3, -0.25) is 4.79 Å². The van der Waals surface area contributed by atoms with Crippen molar-refractivity contribution in [3.05, 3.63) is 51.9 Å². The Balaban J connectivity index is 1.32. The Hall–Kier alpha value is -2.45. The van der Waals surface area contributed by atoms with Crippen LogP contribution in [0.1, 0.15) is 42.5 Å². The van der Waals surface area contributed by atoms with E-state index in [0.717, 1.165) is 67.0 Å². The van der Waals surface area contributed by atoms with Gasteiger partial charge in [0.1, 0.15) is 12.1 Å². The molecule has 1 saturated carbocycles. The van der Waals surface area contributed by atoms with E-state index < -0.39 is 0 Å². The highest BCUT2D eigenvalue weighted by molar-refractivity contribution is 8.04. The molecule has 0 radical (unpaired) electrons. The van der Waals surface area contributed by atoms with Crippen molar-refractivity contribution in [1.29, 1.82) is 0 Å². The zero-order chi connectivity index (χ0) is 21.4. The molecule has 8 heteroatoms. The first kappa shape index (κ1) is 20.5. The minimum atomic E-state index is -0.248. The van der Waals surface area contributed by atoms with Crippen LogP contribution in [0.25, 0.3) is 5.82 Å². The molecule has 0 bridgehead atoms. The van der Waals surface area contributed by atoms with Crippen LogP contribution in [-0.4, -0.2) is 45.6 Å². The van der Waals surface area contributed by atoms with Crippen LogP contribution >= 0.6 is 11.8 Å². The largest absolute Gasteiger partial charge is 0.343 e. The molecule has 2 unspecified atom stereocenters. The van der Waals surface area contributed by atoms with Gasteiger partial charge in [0, 0.05) is 60.0 Å². The molecule has 4 heterocycles. The highest BCUT2D eigenvalue weighted by Gasteiger charge is 2.37. The number of amides is 2. The predicted octanol–water partition coefficient (Wildman–Crippen LogP) is 3.31. The van der Waals surface area contributed by atoms with E-state index in [9.17, 15) is 9.59 Å². The maximum atomic E-state index is 12.8. The van der Waals surface area contributed by atoms with Crippen LogP contribution in [0, 0.1) is 5.92 Å². The summed E-state index contributed by atoms with van der Waals surface area (Å²) < 4.78 is 2.07. The lowest BCUT2D eigenvalue weighted by Crippen LogP contribution is -2.34. The summed E-state index contributed by atoms with van der Waals surface area (Å²) in [5, 5.41) is 7.19. The zero-order valence-corrected chi connectivity index (χ0v) is 18.6. The van der Waals surface area contributed by atoms with E-state index in [1.54, 1.807) is 11.8 Å². The fourth-order valence-corrected chi connectivity index (χ4v) is 6.66. The van der Waals surface area contributed by atoms with Gasteiger partial charge in [0.25, 0.3) is 0 Å². The second kappa shape index (κ2) is 8.59. The summed E-state index contributed by atoms with van der Waals surface area (Å²) in [5.41, 5.74) is 4.43.